The highest BCUT2D eigenvalue weighted by Crippen LogP contribution is 2.40. The number of ether oxygens (including phenoxy) is 1. The van der Waals surface area contributed by atoms with Crippen molar-refractivity contribution >= 4 is 16.8 Å². The van der Waals surface area contributed by atoms with Gasteiger partial charge in [0.05, 0.1) is 10.9 Å². The summed E-state index contributed by atoms with van der Waals surface area (Å²) >= 11 is 0. The van der Waals surface area contributed by atoms with Crippen LogP contribution in [0.3, 0.4) is 0 Å². The molecule has 1 atom stereocenters. The van der Waals surface area contributed by atoms with Gasteiger partial charge in [-0.2, -0.15) is 23.3 Å². The molecule has 33 heavy (non-hydrogen) atoms. The number of halogens is 3. The molecule has 0 unspecified atom stereocenters. The Kier molecular flexibility index (Phi) is 6.13. The monoisotopic (exact) mass is 454 g/mol. The fourth-order valence-electron chi connectivity index (χ4n) is 3.69. The summed E-state index contributed by atoms with van der Waals surface area (Å²) in [5.74, 6) is -0.549. The van der Waals surface area contributed by atoms with Crippen molar-refractivity contribution in [3.05, 3.63) is 72.1 Å². The lowest BCUT2D eigenvalue weighted by Gasteiger charge is -2.13. The molecule has 0 N–H and O–H groups in total. The van der Waals surface area contributed by atoms with E-state index in [4.69, 9.17) is 4.74 Å². The summed E-state index contributed by atoms with van der Waals surface area (Å²) in [6, 6.07) is 13.5. The van der Waals surface area contributed by atoms with Gasteiger partial charge in [-0.05, 0) is 23.6 Å². The molecule has 6 nitrogen and oxygen atoms in total. The standard InChI is InChI=1S/C24H21F3N4O2/c1-15(16-6-4-3-5-7-16)12-18(32)14-33-20-13-19(24(25,26)27)21-22(17-8-10-28-11-9-17)30-31(2)23(21)29-20/h3-11,13,15H,12,14H2,1-2H3/t15-/m1/s1. The van der Waals surface area contributed by atoms with Gasteiger partial charge >= 0.3 is 6.18 Å². The van der Waals surface area contributed by atoms with Crippen LogP contribution in [-0.2, 0) is 18.0 Å². The summed E-state index contributed by atoms with van der Waals surface area (Å²) in [6.45, 7) is 1.54. The average Bonchev–Trinajstić information content (AvgIpc) is 3.14. The van der Waals surface area contributed by atoms with E-state index in [-0.39, 0.29) is 47.3 Å². The second-order valence-corrected chi connectivity index (χ2v) is 7.76. The molecule has 1 aromatic carbocycles. The molecule has 4 aromatic rings. The summed E-state index contributed by atoms with van der Waals surface area (Å²) in [4.78, 5) is 20.5. The number of pyridine rings is 2. The normalized spacial score (nSPS) is 12.6. The van der Waals surface area contributed by atoms with Crippen molar-refractivity contribution in [1.29, 1.82) is 0 Å². The number of carbonyl (C=O) groups is 1. The van der Waals surface area contributed by atoms with Gasteiger partial charge in [0.2, 0.25) is 5.88 Å². The van der Waals surface area contributed by atoms with E-state index >= 15 is 0 Å². The van der Waals surface area contributed by atoms with Crippen molar-refractivity contribution in [2.75, 3.05) is 6.61 Å². The minimum atomic E-state index is -4.67. The van der Waals surface area contributed by atoms with Crippen molar-refractivity contribution in [2.45, 2.75) is 25.4 Å². The average molecular weight is 454 g/mol. The Bertz CT molecular complexity index is 1270. The summed E-state index contributed by atoms with van der Waals surface area (Å²) < 4.78 is 48.6. The van der Waals surface area contributed by atoms with Gasteiger partial charge in [0, 0.05) is 37.5 Å². The molecule has 3 aromatic heterocycles. The van der Waals surface area contributed by atoms with Crippen LogP contribution in [0.2, 0.25) is 0 Å². The number of nitrogens with zero attached hydrogens (tertiary/aromatic N) is 4. The molecular formula is C24H21F3N4O2. The first-order valence-electron chi connectivity index (χ1n) is 10.3. The molecule has 3 heterocycles. The number of rotatable bonds is 7. The zero-order valence-electron chi connectivity index (χ0n) is 18.0. The van der Waals surface area contributed by atoms with E-state index in [0.29, 0.717) is 5.56 Å². The van der Waals surface area contributed by atoms with Crippen LogP contribution >= 0.6 is 0 Å². The molecule has 0 fully saturated rings. The summed E-state index contributed by atoms with van der Waals surface area (Å²) in [6.07, 6.45) is -1.50. The maximum atomic E-state index is 14.0. The highest BCUT2D eigenvalue weighted by atomic mass is 19.4. The molecule has 0 aliphatic rings. The van der Waals surface area contributed by atoms with E-state index < -0.39 is 11.7 Å². The first-order chi connectivity index (χ1) is 15.7. The van der Waals surface area contributed by atoms with E-state index in [9.17, 15) is 18.0 Å². The van der Waals surface area contributed by atoms with Gasteiger partial charge < -0.3 is 4.74 Å². The molecule has 0 amide bonds. The van der Waals surface area contributed by atoms with E-state index in [2.05, 4.69) is 15.1 Å². The minimum Gasteiger partial charge on any atom is -0.470 e. The van der Waals surface area contributed by atoms with E-state index in [1.54, 1.807) is 12.1 Å². The van der Waals surface area contributed by atoms with Gasteiger partial charge in [-0.15, -0.1) is 0 Å². The zero-order valence-corrected chi connectivity index (χ0v) is 18.0. The number of Topliss-reactive ketones (excluding diaryl/α,β-unsaturated/α-hetero) is 1. The van der Waals surface area contributed by atoms with Crippen molar-refractivity contribution in [3.63, 3.8) is 0 Å². The molecule has 0 aliphatic carbocycles. The Balaban J connectivity index is 1.61. The Morgan fingerprint density at radius 3 is 2.48 bits per heavy atom. The minimum absolute atomic E-state index is 0.0109. The third-order valence-corrected chi connectivity index (χ3v) is 5.31. The quantitative estimate of drug-likeness (QED) is 0.384. The second kappa shape index (κ2) is 9.01. The first kappa shape index (κ1) is 22.4. The Morgan fingerprint density at radius 2 is 1.82 bits per heavy atom. The highest BCUT2D eigenvalue weighted by molar-refractivity contribution is 5.94. The third-order valence-electron chi connectivity index (χ3n) is 5.31. The lowest BCUT2D eigenvalue weighted by molar-refractivity contribution is -0.136. The van der Waals surface area contributed by atoms with E-state index in [0.717, 1.165) is 11.6 Å². The fraction of sp³-hybridized carbons (Fsp3) is 0.250. The van der Waals surface area contributed by atoms with Crippen molar-refractivity contribution in [2.24, 2.45) is 7.05 Å². The number of ketones is 1. The van der Waals surface area contributed by atoms with E-state index in [1.807, 2.05) is 37.3 Å². The van der Waals surface area contributed by atoms with Crippen molar-refractivity contribution < 1.29 is 22.7 Å². The van der Waals surface area contributed by atoms with E-state index in [1.165, 1.54) is 24.1 Å². The number of carbonyl (C=O) groups excluding carboxylic acids is 1. The number of aromatic nitrogens is 4. The molecule has 0 saturated carbocycles. The van der Waals surface area contributed by atoms with Crippen LogP contribution in [-0.4, -0.2) is 32.1 Å². The fourth-order valence-corrected chi connectivity index (χ4v) is 3.69. The maximum Gasteiger partial charge on any atom is 0.417 e. The maximum absolute atomic E-state index is 14.0. The van der Waals surface area contributed by atoms with Gasteiger partial charge in [0.25, 0.3) is 0 Å². The van der Waals surface area contributed by atoms with Crippen molar-refractivity contribution in [3.8, 4) is 17.1 Å². The molecule has 0 spiro atoms. The summed E-state index contributed by atoms with van der Waals surface area (Å²) in [5.41, 5.74) is 0.725. The summed E-state index contributed by atoms with van der Waals surface area (Å²) in [7, 11) is 1.51. The molecular weight excluding hydrogens is 433 g/mol. The largest absolute Gasteiger partial charge is 0.470 e. The topological polar surface area (TPSA) is 69.9 Å². The number of aryl methyl sites for hydroxylation is 1. The number of benzene rings is 1. The highest BCUT2D eigenvalue weighted by Gasteiger charge is 2.36. The van der Waals surface area contributed by atoms with Crippen LogP contribution in [0.25, 0.3) is 22.3 Å². The molecule has 4 rings (SSSR count). The summed E-state index contributed by atoms with van der Waals surface area (Å²) in [5, 5.41) is 4.12. The molecule has 9 heteroatoms. The molecule has 170 valence electrons. The third kappa shape index (κ3) is 4.87. The predicted molar refractivity (Wildman–Crippen MR) is 117 cm³/mol. The smallest absolute Gasteiger partial charge is 0.417 e. The molecule has 0 bridgehead atoms. The number of alkyl halides is 3. The Labute approximate surface area is 188 Å². The molecule has 0 radical (unpaired) electrons. The SMILES string of the molecule is C[C@H](CC(=O)COc1cc(C(F)(F)F)c2c(-c3ccncc3)nn(C)c2n1)c1ccccc1. The van der Waals surface area contributed by atoms with Gasteiger partial charge in [-0.3, -0.25) is 9.78 Å². The van der Waals surface area contributed by atoms with Crippen LogP contribution in [0.15, 0.2) is 60.9 Å². The predicted octanol–water partition coefficient (Wildman–Crippen LogP) is 5.19. The Morgan fingerprint density at radius 1 is 1.12 bits per heavy atom. The van der Waals surface area contributed by atoms with Gasteiger partial charge in [-0.1, -0.05) is 37.3 Å². The Hall–Kier alpha value is -3.75. The number of hydrogen-bond donors (Lipinski definition) is 0. The van der Waals surface area contributed by atoms with Gasteiger partial charge in [-0.25, -0.2) is 4.68 Å². The lowest BCUT2D eigenvalue weighted by Crippen LogP contribution is -2.15. The van der Waals surface area contributed by atoms with Gasteiger partial charge in [0.1, 0.15) is 12.3 Å². The van der Waals surface area contributed by atoms with Gasteiger partial charge in [0.15, 0.2) is 11.4 Å². The number of fused-ring (bicyclic) bond motifs is 1. The lowest BCUT2D eigenvalue weighted by atomic mass is 9.96. The van der Waals surface area contributed by atoms with Crippen LogP contribution in [0.1, 0.15) is 30.4 Å². The number of hydrogen-bond acceptors (Lipinski definition) is 5. The second-order valence-electron chi connectivity index (χ2n) is 7.76. The van der Waals surface area contributed by atoms with Crippen LogP contribution < -0.4 is 4.74 Å². The zero-order chi connectivity index (χ0) is 23.6. The first-order valence-corrected chi connectivity index (χ1v) is 10.3. The van der Waals surface area contributed by atoms with Crippen molar-refractivity contribution in [1.82, 2.24) is 19.7 Å². The van der Waals surface area contributed by atoms with Crippen LogP contribution in [0.4, 0.5) is 13.2 Å². The molecule has 0 aliphatic heterocycles. The van der Waals surface area contributed by atoms with Crippen LogP contribution in [0, 0.1) is 0 Å². The van der Waals surface area contributed by atoms with Crippen LogP contribution in [0.5, 0.6) is 5.88 Å². The molecule has 0 saturated heterocycles.